The number of halogens is 3. The normalized spacial score (nSPS) is 19.5. The van der Waals surface area contributed by atoms with E-state index in [1.165, 1.54) is 6.92 Å². The topological polar surface area (TPSA) is 115 Å². The van der Waals surface area contributed by atoms with E-state index in [0.29, 0.717) is 9.80 Å². The van der Waals surface area contributed by atoms with Crippen molar-refractivity contribution in [2.24, 2.45) is 5.41 Å². The number of aromatic hydroxyl groups is 2. The zero-order valence-electron chi connectivity index (χ0n) is 17.5. The van der Waals surface area contributed by atoms with Crippen LogP contribution >= 0.6 is 0 Å². The summed E-state index contributed by atoms with van der Waals surface area (Å²) < 4.78 is 43.1. The minimum atomic E-state index is -4.86. The second-order valence-corrected chi connectivity index (χ2v) is 8.19. The van der Waals surface area contributed by atoms with Gasteiger partial charge in [0.25, 0.3) is 29.0 Å². The Balaban J connectivity index is 1.84. The summed E-state index contributed by atoms with van der Waals surface area (Å²) in [6.45, 7) is 2.31. The van der Waals surface area contributed by atoms with Crippen molar-refractivity contribution >= 4 is 29.3 Å². The Morgan fingerprint density at radius 1 is 0.818 bits per heavy atom. The maximum atomic E-state index is 14.4. The fourth-order valence-electron chi connectivity index (χ4n) is 4.16. The molecule has 2 aliphatic rings. The number of phenols is 2. The number of β-lactam (4-membered cyclic amide) rings is 4. The lowest BCUT2D eigenvalue weighted by Gasteiger charge is -2.51. The highest BCUT2D eigenvalue weighted by molar-refractivity contribution is 6.59. The Labute approximate surface area is 184 Å². The van der Waals surface area contributed by atoms with Crippen LogP contribution in [0.25, 0.3) is 0 Å². The number of amides is 4. The number of benzene rings is 2. The van der Waals surface area contributed by atoms with Crippen molar-refractivity contribution < 1.29 is 42.6 Å². The Morgan fingerprint density at radius 2 is 1.30 bits per heavy atom. The summed E-state index contributed by atoms with van der Waals surface area (Å²) in [6, 6.07) is 6.08. The van der Waals surface area contributed by atoms with Gasteiger partial charge in [0.15, 0.2) is 0 Å². The predicted octanol–water partition coefficient (Wildman–Crippen LogP) is 2.13. The summed E-state index contributed by atoms with van der Waals surface area (Å²) in [5.41, 5.74) is -6.22. The van der Waals surface area contributed by atoms with Gasteiger partial charge in [0.2, 0.25) is 0 Å². The third-order valence-electron chi connectivity index (χ3n) is 6.43. The van der Waals surface area contributed by atoms with E-state index in [1.807, 2.05) is 0 Å². The molecule has 1 unspecified atom stereocenters. The molecule has 2 aliphatic heterocycles. The quantitative estimate of drug-likeness (QED) is 0.534. The molecule has 0 radical (unpaired) electrons. The molecule has 2 aromatic carbocycles. The summed E-state index contributed by atoms with van der Waals surface area (Å²) >= 11 is 0. The van der Waals surface area contributed by atoms with Crippen molar-refractivity contribution in [1.82, 2.24) is 4.90 Å². The molecule has 2 saturated heterocycles. The number of phenolic OH excluding ortho intramolecular Hbond substituents is 2. The van der Waals surface area contributed by atoms with Crippen LogP contribution in [0.2, 0.25) is 0 Å². The van der Waals surface area contributed by atoms with Gasteiger partial charge in [-0.1, -0.05) is 18.2 Å². The van der Waals surface area contributed by atoms with Gasteiger partial charge in [-0.15, -0.1) is 0 Å². The summed E-state index contributed by atoms with van der Waals surface area (Å²) in [5, 5.41) is 19.9. The SMILES string of the molecule is Cc1cc(C(C)(c2ccc(O)c(N3C(=O)C4(C(=O)N(C)C4=O)C3=O)c2)C(F)(F)F)ccc1O. The number of hydrogen-bond acceptors (Lipinski definition) is 6. The molecule has 4 rings (SSSR count). The molecule has 172 valence electrons. The summed E-state index contributed by atoms with van der Waals surface area (Å²) in [7, 11) is 1.09. The number of imide groups is 2. The standard InChI is InChI=1S/C22H17F3N2O6/c1-10-8-11(4-6-14(10)28)20(2,22(23,24)25)12-5-7-15(29)13(9-12)27-18(32)21(19(27)33)16(30)26(3)17(21)31/h4-9,28-29H,1-3H3. The molecule has 8 nitrogen and oxygen atoms in total. The van der Waals surface area contributed by atoms with Crippen LogP contribution in [-0.4, -0.2) is 52.0 Å². The van der Waals surface area contributed by atoms with E-state index in [2.05, 4.69) is 0 Å². The first-order valence-corrected chi connectivity index (χ1v) is 9.62. The van der Waals surface area contributed by atoms with Crippen LogP contribution in [0.3, 0.4) is 0 Å². The average molecular weight is 462 g/mol. The molecular formula is C22H17F3N2O6. The lowest BCUT2D eigenvalue weighted by molar-refractivity contribution is -0.184. The molecule has 33 heavy (non-hydrogen) atoms. The highest BCUT2D eigenvalue weighted by Crippen LogP contribution is 2.51. The third kappa shape index (κ3) is 2.53. The largest absolute Gasteiger partial charge is 0.508 e. The van der Waals surface area contributed by atoms with Gasteiger partial charge in [0.05, 0.1) is 5.69 Å². The van der Waals surface area contributed by atoms with E-state index in [9.17, 15) is 42.6 Å². The van der Waals surface area contributed by atoms with E-state index in [1.54, 1.807) is 0 Å². The fraction of sp³-hybridized carbons (Fsp3) is 0.273. The van der Waals surface area contributed by atoms with Crippen molar-refractivity contribution in [3.05, 3.63) is 53.1 Å². The molecule has 0 aliphatic carbocycles. The zero-order chi connectivity index (χ0) is 24.7. The van der Waals surface area contributed by atoms with Gasteiger partial charge in [0, 0.05) is 7.05 Å². The lowest BCUT2D eigenvalue weighted by atomic mass is 9.68. The molecule has 1 atom stereocenters. The van der Waals surface area contributed by atoms with Gasteiger partial charge in [0.1, 0.15) is 16.9 Å². The molecule has 0 bridgehead atoms. The van der Waals surface area contributed by atoms with Crippen LogP contribution in [0.4, 0.5) is 18.9 Å². The van der Waals surface area contributed by atoms with Crippen molar-refractivity contribution in [2.75, 3.05) is 11.9 Å². The zero-order valence-corrected chi connectivity index (χ0v) is 17.5. The Hall–Kier alpha value is -3.89. The number of nitrogens with zero attached hydrogens (tertiary/aromatic N) is 2. The Bertz CT molecular complexity index is 1240. The van der Waals surface area contributed by atoms with Gasteiger partial charge in [-0.05, 0) is 48.7 Å². The number of rotatable bonds is 3. The van der Waals surface area contributed by atoms with Crippen molar-refractivity contribution in [3.63, 3.8) is 0 Å². The van der Waals surface area contributed by atoms with Crippen molar-refractivity contribution in [3.8, 4) is 11.5 Å². The van der Waals surface area contributed by atoms with Gasteiger partial charge < -0.3 is 10.2 Å². The number of carbonyl (C=O) groups excluding carboxylic acids is 4. The highest BCUT2D eigenvalue weighted by atomic mass is 19.4. The lowest BCUT2D eigenvalue weighted by Crippen LogP contribution is -2.83. The first-order valence-electron chi connectivity index (χ1n) is 9.62. The number of carbonyl (C=O) groups is 4. The molecule has 1 spiro atoms. The molecule has 2 heterocycles. The minimum Gasteiger partial charge on any atom is -0.508 e. The molecule has 0 aromatic heterocycles. The first-order chi connectivity index (χ1) is 15.2. The number of anilines is 1. The highest BCUT2D eigenvalue weighted by Gasteiger charge is 2.80. The maximum absolute atomic E-state index is 14.4. The molecular weight excluding hydrogens is 445 g/mol. The molecule has 2 aromatic rings. The van der Waals surface area contributed by atoms with Gasteiger partial charge in [-0.25, -0.2) is 4.90 Å². The summed E-state index contributed by atoms with van der Waals surface area (Å²) in [5.74, 6) is -5.42. The van der Waals surface area contributed by atoms with E-state index >= 15 is 0 Å². The second kappa shape index (κ2) is 6.56. The number of alkyl halides is 3. The maximum Gasteiger partial charge on any atom is 0.402 e. The van der Waals surface area contributed by atoms with Crippen molar-refractivity contribution in [1.29, 1.82) is 0 Å². The van der Waals surface area contributed by atoms with Gasteiger partial charge in [-0.2, -0.15) is 13.2 Å². The molecule has 11 heteroatoms. The van der Waals surface area contributed by atoms with E-state index < -0.39 is 57.6 Å². The van der Waals surface area contributed by atoms with E-state index in [-0.39, 0.29) is 16.9 Å². The van der Waals surface area contributed by atoms with Crippen LogP contribution in [0.1, 0.15) is 23.6 Å². The van der Waals surface area contributed by atoms with Crippen LogP contribution in [0, 0.1) is 12.3 Å². The molecule has 2 N–H and O–H groups in total. The third-order valence-corrected chi connectivity index (χ3v) is 6.43. The Morgan fingerprint density at radius 3 is 1.79 bits per heavy atom. The smallest absolute Gasteiger partial charge is 0.402 e. The van der Waals surface area contributed by atoms with Crippen LogP contribution in [0.15, 0.2) is 36.4 Å². The number of hydrogen-bond donors (Lipinski definition) is 2. The number of likely N-dealkylation sites (tertiary alicyclic amines) is 1. The van der Waals surface area contributed by atoms with E-state index in [4.69, 9.17) is 0 Å². The number of aryl methyl sites for hydroxylation is 1. The van der Waals surface area contributed by atoms with Crippen LogP contribution in [0.5, 0.6) is 11.5 Å². The van der Waals surface area contributed by atoms with Crippen LogP contribution in [-0.2, 0) is 24.6 Å². The second-order valence-electron chi connectivity index (χ2n) is 8.19. The summed E-state index contributed by atoms with van der Waals surface area (Å²) in [4.78, 5) is 50.4. The fourth-order valence-corrected chi connectivity index (χ4v) is 4.16. The van der Waals surface area contributed by atoms with E-state index in [0.717, 1.165) is 50.4 Å². The van der Waals surface area contributed by atoms with Gasteiger partial charge in [-0.3, -0.25) is 24.1 Å². The Kier molecular flexibility index (Phi) is 4.44. The first kappa shape index (κ1) is 22.3. The molecule has 4 amide bonds. The minimum absolute atomic E-state index is 0.197. The monoisotopic (exact) mass is 462 g/mol. The summed E-state index contributed by atoms with van der Waals surface area (Å²) in [6.07, 6.45) is -4.86. The van der Waals surface area contributed by atoms with Crippen LogP contribution < -0.4 is 4.90 Å². The molecule has 0 saturated carbocycles. The van der Waals surface area contributed by atoms with Gasteiger partial charge >= 0.3 is 6.18 Å². The van der Waals surface area contributed by atoms with Crippen molar-refractivity contribution in [2.45, 2.75) is 25.4 Å². The molecule has 2 fully saturated rings. The predicted molar refractivity (Wildman–Crippen MR) is 106 cm³/mol. The average Bonchev–Trinajstić information content (AvgIpc) is 2.75.